The summed E-state index contributed by atoms with van der Waals surface area (Å²) in [5.74, 6) is 0.0715. The number of fused-ring (bicyclic) bond motifs is 1. The maximum absolute atomic E-state index is 13.7. The van der Waals surface area contributed by atoms with Crippen molar-refractivity contribution in [3.63, 3.8) is 0 Å². The molecule has 9 heteroatoms. The molecule has 2 heterocycles. The molecule has 6 rings (SSSR count). The number of amides is 2. The lowest BCUT2D eigenvalue weighted by Gasteiger charge is -2.34. The molecule has 2 fully saturated rings. The lowest BCUT2D eigenvalue weighted by atomic mass is 9.87. The fourth-order valence-corrected chi connectivity index (χ4v) is 5.99. The highest BCUT2D eigenvalue weighted by Gasteiger charge is 2.31. The van der Waals surface area contributed by atoms with Gasteiger partial charge in [0.15, 0.2) is 0 Å². The third kappa shape index (κ3) is 5.71. The summed E-state index contributed by atoms with van der Waals surface area (Å²) in [4.78, 5) is 28.6. The number of furan rings is 1. The standard InChI is InChI=1S/C34H36FN5O3/c1-37-28-17-29-26(30(33(41)38-2)32(43-29)21-11-13-23(35)14-12-21)16-25(28)22-6-5-15-40(19-22)34(42)31(36)24-7-3-4-8-27(24)39-18-20-9-10-20/h3-4,7-8,11-14,16-17,20,22,36-37,39H,5-6,9-10,15,18-19H2,1-2H3,(H,38,41)/t22-/m0/s1. The highest BCUT2D eigenvalue weighted by Crippen LogP contribution is 2.40. The number of halogens is 1. The van der Waals surface area contributed by atoms with E-state index >= 15 is 0 Å². The number of hydrogen-bond donors (Lipinski definition) is 4. The summed E-state index contributed by atoms with van der Waals surface area (Å²) in [6.45, 7) is 1.89. The molecule has 4 aromatic rings. The van der Waals surface area contributed by atoms with Crippen LogP contribution in [0.1, 0.15) is 53.1 Å². The Kier molecular flexibility index (Phi) is 7.88. The molecule has 43 heavy (non-hydrogen) atoms. The summed E-state index contributed by atoms with van der Waals surface area (Å²) in [6.07, 6.45) is 4.09. The first-order valence-corrected chi connectivity index (χ1v) is 14.8. The van der Waals surface area contributed by atoms with Crippen molar-refractivity contribution >= 4 is 39.9 Å². The highest BCUT2D eigenvalue weighted by atomic mass is 19.1. The SMILES string of the molecule is CNC(=O)c1c(-c2ccc(F)cc2)oc2cc(NC)c([C@H]3CCCN(C(=O)C(=N)c4ccccc4NCC4CC4)C3)cc12. The van der Waals surface area contributed by atoms with E-state index in [-0.39, 0.29) is 29.3 Å². The van der Waals surface area contributed by atoms with Gasteiger partial charge in [-0.3, -0.25) is 15.0 Å². The zero-order valence-electron chi connectivity index (χ0n) is 24.4. The molecule has 0 bridgehead atoms. The number of hydrogen-bond acceptors (Lipinski definition) is 6. The molecule has 1 aliphatic heterocycles. The van der Waals surface area contributed by atoms with Crippen LogP contribution in [0.25, 0.3) is 22.3 Å². The van der Waals surface area contributed by atoms with Gasteiger partial charge in [0.2, 0.25) is 0 Å². The van der Waals surface area contributed by atoms with Gasteiger partial charge in [0, 0.05) is 73.6 Å². The molecule has 222 valence electrons. The van der Waals surface area contributed by atoms with E-state index in [2.05, 4.69) is 16.0 Å². The fourth-order valence-electron chi connectivity index (χ4n) is 5.99. The predicted octanol–water partition coefficient (Wildman–Crippen LogP) is 6.24. The Labute approximate surface area is 250 Å². The molecule has 8 nitrogen and oxygen atoms in total. The molecule has 1 atom stereocenters. The van der Waals surface area contributed by atoms with Gasteiger partial charge in [0.05, 0.1) is 5.56 Å². The number of piperidine rings is 1. The number of para-hydroxylation sites is 1. The molecule has 2 amide bonds. The van der Waals surface area contributed by atoms with E-state index in [1.54, 1.807) is 24.1 Å². The largest absolute Gasteiger partial charge is 0.455 e. The average Bonchev–Trinajstić information content (AvgIpc) is 3.81. The van der Waals surface area contributed by atoms with Gasteiger partial charge >= 0.3 is 0 Å². The normalized spacial score (nSPS) is 16.6. The van der Waals surface area contributed by atoms with Crippen molar-refractivity contribution in [2.45, 2.75) is 31.6 Å². The predicted molar refractivity (Wildman–Crippen MR) is 168 cm³/mol. The fraction of sp³-hybridized carbons (Fsp3) is 0.324. The van der Waals surface area contributed by atoms with Gasteiger partial charge in [-0.25, -0.2) is 4.39 Å². The molecule has 0 spiro atoms. The maximum Gasteiger partial charge on any atom is 0.272 e. The summed E-state index contributed by atoms with van der Waals surface area (Å²) >= 11 is 0. The molecule has 2 aliphatic rings. The summed E-state index contributed by atoms with van der Waals surface area (Å²) < 4.78 is 19.8. The van der Waals surface area contributed by atoms with E-state index in [4.69, 9.17) is 9.83 Å². The molecule has 4 N–H and O–H groups in total. The summed E-state index contributed by atoms with van der Waals surface area (Å²) in [5, 5.41) is 18.9. The Bertz CT molecular complexity index is 1690. The van der Waals surface area contributed by atoms with Gasteiger partial charge in [-0.05, 0) is 73.6 Å². The number of anilines is 2. The van der Waals surface area contributed by atoms with Crippen LogP contribution in [0.3, 0.4) is 0 Å². The van der Waals surface area contributed by atoms with Crippen molar-refractivity contribution in [2.24, 2.45) is 5.92 Å². The van der Waals surface area contributed by atoms with Crippen molar-refractivity contribution in [1.82, 2.24) is 10.2 Å². The maximum atomic E-state index is 13.7. The summed E-state index contributed by atoms with van der Waals surface area (Å²) in [5.41, 5.74) is 4.77. The molecular formula is C34H36FN5O3. The van der Waals surface area contributed by atoms with E-state index in [0.717, 1.165) is 36.3 Å². The second kappa shape index (κ2) is 11.9. The lowest BCUT2D eigenvalue weighted by molar-refractivity contribution is -0.125. The van der Waals surface area contributed by atoms with Crippen molar-refractivity contribution < 1.29 is 18.4 Å². The van der Waals surface area contributed by atoms with Crippen molar-refractivity contribution in [3.05, 3.63) is 83.2 Å². The average molecular weight is 582 g/mol. The van der Waals surface area contributed by atoms with E-state index < -0.39 is 0 Å². The van der Waals surface area contributed by atoms with Gasteiger partial charge in [0.1, 0.15) is 22.9 Å². The van der Waals surface area contributed by atoms with Crippen LogP contribution >= 0.6 is 0 Å². The minimum Gasteiger partial charge on any atom is -0.455 e. The number of likely N-dealkylation sites (tertiary alicyclic amines) is 1. The number of rotatable bonds is 9. The van der Waals surface area contributed by atoms with Crippen LogP contribution < -0.4 is 16.0 Å². The second-order valence-corrected chi connectivity index (χ2v) is 11.4. The van der Waals surface area contributed by atoms with Crippen molar-refractivity contribution in [2.75, 3.05) is 44.4 Å². The molecular weight excluding hydrogens is 545 g/mol. The van der Waals surface area contributed by atoms with Crippen LogP contribution in [0.15, 0.2) is 65.1 Å². The molecule has 1 aliphatic carbocycles. The number of carbonyl (C=O) groups is 2. The topological polar surface area (TPSA) is 110 Å². The molecule has 1 saturated heterocycles. The van der Waals surface area contributed by atoms with Crippen molar-refractivity contribution in [3.8, 4) is 11.3 Å². The lowest BCUT2D eigenvalue weighted by Crippen LogP contribution is -2.43. The number of benzene rings is 3. The van der Waals surface area contributed by atoms with Crippen LogP contribution in [0.4, 0.5) is 15.8 Å². The zero-order valence-corrected chi connectivity index (χ0v) is 24.4. The molecule has 3 aromatic carbocycles. The zero-order chi connectivity index (χ0) is 30.1. The Hall–Kier alpha value is -4.66. The Balaban J connectivity index is 1.31. The van der Waals surface area contributed by atoms with E-state index in [0.29, 0.717) is 52.4 Å². The van der Waals surface area contributed by atoms with Gasteiger partial charge in [-0.1, -0.05) is 18.2 Å². The van der Waals surface area contributed by atoms with E-state index in [1.807, 2.05) is 43.4 Å². The second-order valence-electron chi connectivity index (χ2n) is 11.4. The first-order chi connectivity index (χ1) is 20.9. The summed E-state index contributed by atoms with van der Waals surface area (Å²) in [7, 11) is 3.40. The number of carbonyl (C=O) groups excluding carboxylic acids is 2. The first kappa shape index (κ1) is 28.5. The third-order valence-corrected chi connectivity index (χ3v) is 8.53. The highest BCUT2D eigenvalue weighted by molar-refractivity contribution is 6.45. The molecule has 1 aromatic heterocycles. The minimum atomic E-state index is -0.372. The quantitative estimate of drug-likeness (QED) is 0.175. The monoisotopic (exact) mass is 581 g/mol. The van der Waals surface area contributed by atoms with Crippen LogP contribution in [0.2, 0.25) is 0 Å². The molecule has 0 unspecified atom stereocenters. The Morgan fingerprint density at radius 1 is 1.02 bits per heavy atom. The van der Waals surface area contributed by atoms with Gasteiger partial charge in [-0.2, -0.15) is 0 Å². The van der Waals surface area contributed by atoms with Gasteiger partial charge < -0.3 is 25.3 Å². The van der Waals surface area contributed by atoms with E-state index in [9.17, 15) is 14.0 Å². The Morgan fingerprint density at radius 2 is 1.79 bits per heavy atom. The number of nitrogens with zero attached hydrogens (tertiary/aromatic N) is 1. The van der Waals surface area contributed by atoms with Crippen LogP contribution in [0, 0.1) is 17.1 Å². The Morgan fingerprint density at radius 3 is 2.51 bits per heavy atom. The molecule has 0 radical (unpaired) electrons. The number of nitrogens with one attached hydrogen (secondary N) is 4. The van der Waals surface area contributed by atoms with Crippen LogP contribution in [0.5, 0.6) is 0 Å². The summed E-state index contributed by atoms with van der Waals surface area (Å²) in [6, 6.07) is 17.3. The molecule has 1 saturated carbocycles. The van der Waals surface area contributed by atoms with Crippen LogP contribution in [-0.4, -0.2) is 56.2 Å². The first-order valence-electron chi connectivity index (χ1n) is 14.8. The van der Waals surface area contributed by atoms with Gasteiger partial charge in [-0.15, -0.1) is 0 Å². The van der Waals surface area contributed by atoms with Gasteiger partial charge in [0.25, 0.3) is 11.8 Å². The third-order valence-electron chi connectivity index (χ3n) is 8.53. The van der Waals surface area contributed by atoms with Crippen LogP contribution in [-0.2, 0) is 4.79 Å². The van der Waals surface area contributed by atoms with E-state index in [1.165, 1.54) is 25.0 Å². The minimum absolute atomic E-state index is 0.00971. The smallest absolute Gasteiger partial charge is 0.272 e. The van der Waals surface area contributed by atoms with Crippen molar-refractivity contribution in [1.29, 1.82) is 5.41 Å².